The fourth-order valence-electron chi connectivity index (χ4n) is 2.39. The average molecular weight is 329 g/mol. The Morgan fingerprint density at radius 3 is 2.73 bits per heavy atom. The van der Waals surface area contributed by atoms with Gasteiger partial charge in [-0.2, -0.15) is 0 Å². The van der Waals surface area contributed by atoms with E-state index in [0.717, 1.165) is 15.6 Å². The standard InChI is InChI=1S/C18H20N2S2/c1-2-3-4-8-11-21-17-15-12-16(14-9-6-5-7-10-14)22-18(15)20-13-19-17/h5-7,9-10,12-13H,2-4,8,11H2,1H3. The van der Waals surface area contributed by atoms with Crippen molar-refractivity contribution in [2.75, 3.05) is 5.75 Å². The third-order valence-corrected chi connectivity index (χ3v) is 5.77. The topological polar surface area (TPSA) is 25.8 Å². The summed E-state index contributed by atoms with van der Waals surface area (Å²) in [6.07, 6.45) is 6.89. The van der Waals surface area contributed by atoms with Crippen LogP contribution in [0.3, 0.4) is 0 Å². The summed E-state index contributed by atoms with van der Waals surface area (Å²) in [6, 6.07) is 12.7. The lowest BCUT2D eigenvalue weighted by molar-refractivity contribution is 0.706. The third kappa shape index (κ3) is 3.68. The summed E-state index contributed by atoms with van der Waals surface area (Å²) in [7, 11) is 0. The second-order valence-corrected chi connectivity index (χ2v) is 7.40. The van der Waals surface area contributed by atoms with E-state index >= 15 is 0 Å². The van der Waals surface area contributed by atoms with Gasteiger partial charge in [-0.3, -0.25) is 0 Å². The third-order valence-electron chi connectivity index (χ3n) is 3.59. The molecule has 0 bridgehead atoms. The zero-order valence-corrected chi connectivity index (χ0v) is 14.4. The van der Waals surface area contributed by atoms with Crippen molar-refractivity contribution in [2.24, 2.45) is 0 Å². The highest BCUT2D eigenvalue weighted by atomic mass is 32.2. The van der Waals surface area contributed by atoms with Crippen molar-refractivity contribution in [3.63, 3.8) is 0 Å². The number of thiophene rings is 1. The van der Waals surface area contributed by atoms with Gasteiger partial charge in [0.25, 0.3) is 0 Å². The maximum atomic E-state index is 4.49. The fourth-order valence-corrected chi connectivity index (χ4v) is 4.43. The molecule has 3 aromatic rings. The molecule has 114 valence electrons. The van der Waals surface area contributed by atoms with Gasteiger partial charge in [0.15, 0.2) is 0 Å². The van der Waals surface area contributed by atoms with E-state index in [2.05, 4.69) is 47.2 Å². The normalized spacial score (nSPS) is 11.1. The van der Waals surface area contributed by atoms with Crippen molar-refractivity contribution in [1.29, 1.82) is 0 Å². The van der Waals surface area contributed by atoms with Crippen molar-refractivity contribution in [2.45, 2.75) is 37.6 Å². The average Bonchev–Trinajstić information content (AvgIpc) is 3.00. The molecule has 0 saturated carbocycles. The SMILES string of the molecule is CCCCCCSc1ncnc2sc(-c3ccccc3)cc12. The molecule has 0 aliphatic carbocycles. The molecule has 1 aromatic carbocycles. The number of unbranched alkanes of at least 4 members (excludes halogenated alkanes) is 3. The first kappa shape index (κ1) is 15.5. The number of hydrogen-bond acceptors (Lipinski definition) is 4. The molecule has 0 radical (unpaired) electrons. The molecule has 2 heterocycles. The number of benzene rings is 1. The Balaban J connectivity index is 1.78. The monoisotopic (exact) mass is 328 g/mol. The highest BCUT2D eigenvalue weighted by Crippen LogP contribution is 2.36. The van der Waals surface area contributed by atoms with E-state index in [1.807, 2.05) is 17.8 Å². The Morgan fingerprint density at radius 1 is 1.05 bits per heavy atom. The maximum absolute atomic E-state index is 4.49. The lowest BCUT2D eigenvalue weighted by Gasteiger charge is -2.01. The number of fused-ring (bicyclic) bond motifs is 1. The van der Waals surface area contributed by atoms with Crippen LogP contribution in [0.5, 0.6) is 0 Å². The quantitative estimate of drug-likeness (QED) is 0.301. The Morgan fingerprint density at radius 2 is 1.91 bits per heavy atom. The van der Waals surface area contributed by atoms with E-state index in [1.165, 1.54) is 41.5 Å². The van der Waals surface area contributed by atoms with Crippen LogP contribution in [0, 0.1) is 0 Å². The molecule has 2 nitrogen and oxygen atoms in total. The van der Waals surface area contributed by atoms with Crippen LogP contribution < -0.4 is 0 Å². The van der Waals surface area contributed by atoms with Crippen molar-refractivity contribution in [1.82, 2.24) is 9.97 Å². The van der Waals surface area contributed by atoms with E-state index < -0.39 is 0 Å². The van der Waals surface area contributed by atoms with Gasteiger partial charge in [-0.15, -0.1) is 23.1 Å². The lowest BCUT2D eigenvalue weighted by Crippen LogP contribution is -1.86. The fraction of sp³-hybridized carbons (Fsp3) is 0.333. The summed E-state index contributed by atoms with van der Waals surface area (Å²) >= 11 is 3.61. The Labute approximate surface area is 140 Å². The Hall–Kier alpha value is -1.39. The van der Waals surface area contributed by atoms with Crippen LogP contribution in [0.2, 0.25) is 0 Å². The van der Waals surface area contributed by atoms with Crippen LogP contribution in [-0.2, 0) is 0 Å². The lowest BCUT2D eigenvalue weighted by atomic mass is 10.2. The summed E-state index contributed by atoms with van der Waals surface area (Å²) in [5.74, 6) is 1.14. The minimum atomic E-state index is 1.09. The van der Waals surface area contributed by atoms with Crippen molar-refractivity contribution < 1.29 is 0 Å². The van der Waals surface area contributed by atoms with E-state index in [9.17, 15) is 0 Å². The van der Waals surface area contributed by atoms with Gasteiger partial charge in [0.05, 0.1) is 0 Å². The van der Waals surface area contributed by atoms with E-state index in [1.54, 1.807) is 17.7 Å². The minimum absolute atomic E-state index is 1.09. The molecule has 3 rings (SSSR count). The van der Waals surface area contributed by atoms with Crippen molar-refractivity contribution in [3.05, 3.63) is 42.7 Å². The zero-order chi connectivity index (χ0) is 15.2. The second-order valence-electron chi connectivity index (χ2n) is 5.28. The van der Waals surface area contributed by atoms with Gasteiger partial charge in [0, 0.05) is 10.3 Å². The number of aromatic nitrogens is 2. The van der Waals surface area contributed by atoms with Gasteiger partial charge in [-0.1, -0.05) is 56.5 Å². The minimum Gasteiger partial charge on any atom is -0.229 e. The highest BCUT2D eigenvalue weighted by molar-refractivity contribution is 7.99. The van der Waals surface area contributed by atoms with E-state index in [-0.39, 0.29) is 0 Å². The highest BCUT2D eigenvalue weighted by Gasteiger charge is 2.10. The molecule has 0 fully saturated rings. The first-order valence-corrected chi connectivity index (χ1v) is 9.61. The number of thioether (sulfide) groups is 1. The predicted octanol–water partition coefficient (Wildman–Crippen LogP) is 6.03. The maximum Gasteiger partial charge on any atom is 0.128 e. The van der Waals surface area contributed by atoms with Crippen LogP contribution in [0.25, 0.3) is 20.7 Å². The van der Waals surface area contributed by atoms with E-state index in [0.29, 0.717) is 0 Å². The van der Waals surface area contributed by atoms with Crippen molar-refractivity contribution in [3.8, 4) is 10.4 Å². The van der Waals surface area contributed by atoms with Crippen LogP contribution in [-0.4, -0.2) is 15.7 Å². The smallest absolute Gasteiger partial charge is 0.128 e. The molecule has 4 heteroatoms. The van der Waals surface area contributed by atoms with Gasteiger partial charge in [-0.05, 0) is 23.8 Å². The molecule has 0 aliphatic heterocycles. The first-order valence-electron chi connectivity index (χ1n) is 7.81. The van der Waals surface area contributed by atoms with Gasteiger partial charge in [0.2, 0.25) is 0 Å². The van der Waals surface area contributed by atoms with Gasteiger partial charge < -0.3 is 0 Å². The van der Waals surface area contributed by atoms with Crippen LogP contribution in [0.1, 0.15) is 32.6 Å². The molecular formula is C18H20N2S2. The molecule has 0 saturated heterocycles. The molecule has 0 amide bonds. The molecule has 0 atom stereocenters. The predicted molar refractivity (Wildman–Crippen MR) is 97.7 cm³/mol. The number of hydrogen-bond donors (Lipinski definition) is 0. The zero-order valence-electron chi connectivity index (χ0n) is 12.8. The molecule has 2 aromatic heterocycles. The summed E-state index contributed by atoms with van der Waals surface area (Å²) in [5, 5.41) is 2.33. The summed E-state index contributed by atoms with van der Waals surface area (Å²) in [5.41, 5.74) is 1.25. The summed E-state index contributed by atoms with van der Waals surface area (Å²) in [6.45, 7) is 2.25. The molecule has 0 aliphatic rings. The Bertz CT molecular complexity index is 722. The first-order chi connectivity index (χ1) is 10.9. The van der Waals surface area contributed by atoms with Crippen molar-refractivity contribution >= 4 is 33.3 Å². The summed E-state index contributed by atoms with van der Waals surface area (Å²) < 4.78 is 0. The summed E-state index contributed by atoms with van der Waals surface area (Å²) in [4.78, 5) is 11.3. The molecule has 0 N–H and O–H groups in total. The van der Waals surface area contributed by atoms with Gasteiger partial charge in [0.1, 0.15) is 16.2 Å². The molecular weight excluding hydrogens is 308 g/mol. The largest absolute Gasteiger partial charge is 0.229 e. The van der Waals surface area contributed by atoms with Gasteiger partial charge in [-0.25, -0.2) is 9.97 Å². The van der Waals surface area contributed by atoms with Crippen LogP contribution in [0.4, 0.5) is 0 Å². The number of rotatable bonds is 7. The van der Waals surface area contributed by atoms with Crippen LogP contribution in [0.15, 0.2) is 47.8 Å². The van der Waals surface area contributed by atoms with E-state index in [4.69, 9.17) is 0 Å². The second kappa shape index (κ2) is 7.75. The Kier molecular flexibility index (Phi) is 5.46. The molecule has 0 spiro atoms. The number of nitrogens with zero attached hydrogens (tertiary/aromatic N) is 2. The van der Waals surface area contributed by atoms with Crippen LogP contribution >= 0.6 is 23.1 Å². The van der Waals surface area contributed by atoms with Gasteiger partial charge >= 0.3 is 0 Å². The molecule has 0 unspecified atom stereocenters. The molecule has 22 heavy (non-hydrogen) atoms.